The van der Waals surface area contributed by atoms with E-state index >= 15 is 8.78 Å². The molecule has 4 N–H and O–H groups in total. The normalized spacial score (nSPS) is 29.3. The number of pyridine rings is 1. The van der Waals surface area contributed by atoms with Gasteiger partial charge >= 0.3 is 6.09 Å². The molecule has 2 amide bonds. The van der Waals surface area contributed by atoms with Crippen LogP contribution in [0.3, 0.4) is 0 Å². The number of hydrogen-bond acceptors (Lipinski definition) is 10. The number of nitrogens with two attached hydrogens (primary N) is 1. The molecule has 14 nitrogen and oxygen atoms in total. The summed E-state index contributed by atoms with van der Waals surface area (Å²) in [7, 11) is -1.92. The van der Waals surface area contributed by atoms with Crippen molar-refractivity contribution in [3.63, 3.8) is 0 Å². The molecule has 0 spiro atoms. The van der Waals surface area contributed by atoms with Gasteiger partial charge in [0.1, 0.15) is 29.4 Å². The molecule has 1 saturated carbocycles. The maximum Gasteiger partial charge on any atom is 0.415 e. The van der Waals surface area contributed by atoms with Gasteiger partial charge in [0.25, 0.3) is 11.8 Å². The quantitative estimate of drug-likeness (QED) is 0.241. The summed E-state index contributed by atoms with van der Waals surface area (Å²) in [5.41, 5.74) is 5.93. The van der Waals surface area contributed by atoms with E-state index in [1.165, 1.54) is 39.5 Å². The first-order valence-corrected chi connectivity index (χ1v) is 20.1. The lowest BCUT2D eigenvalue weighted by molar-refractivity contribution is -0.911. The van der Waals surface area contributed by atoms with Crippen LogP contribution >= 0.6 is 11.6 Å². The zero-order valence-corrected chi connectivity index (χ0v) is 31.2. The number of aliphatic hydroxyl groups excluding tert-OH is 1. The second-order valence-electron chi connectivity index (χ2n) is 15.0. The standard InChI is InChI=1S/C35H46ClF2N7O7S/c1-45(16-10-39)15-2-3-28(45)33(47)40-24-6-4-22(5-7-24)35(37,38)23-17-31(36)41-32(18-23)42-11-13-43(14-12-42)53(49,50)25-8-9-26-29(19-25)51-21-27-30(20-46)52-34(48)44(26)27/h8-9,17-19,22,24,27-28,30,46H,2-7,10-16,20-21,39H2,1H3/p+1/t22?,24?,27-,28+,30+,45?/m1/s1. The van der Waals surface area contributed by atoms with Gasteiger partial charge in [-0.05, 0) is 49.9 Å². The summed E-state index contributed by atoms with van der Waals surface area (Å²) in [6.07, 6.45) is 1.75. The first-order chi connectivity index (χ1) is 25.2. The first-order valence-electron chi connectivity index (χ1n) is 18.3. The second-order valence-corrected chi connectivity index (χ2v) is 17.3. The van der Waals surface area contributed by atoms with Crippen LogP contribution in [0.15, 0.2) is 35.2 Å². The minimum Gasteiger partial charge on any atom is -0.489 e. The monoisotopic (exact) mass is 782 g/mol. The largest absolute Gasteiger partial charge is 0.489 e. The van der Waals surface area contributed by atoms with Crippen molar-refractivity contribution in [3.05, 3.63) is 41.0 Å². The van der Waals surface area contributed by atoms with Crippen LogP contribution in [0.1, 0.15) is 44.1 Å². The van der Waals surface area contributed by atoms with E-state index in [1.807, 2.05) is 0 Å². The molecule has 2 aromatic rings. The minimum atomic E-state index is -3.98. The molecular weight excluding hydrogens is 736 g/mol. The number of likely N-dealkylation sites (tertiary alicyclic amines) is 1. The molecule has 3 saturated heterocycles. The number of sulfonamides is 1. The summed E-state index contributed by atoms with van der Waals surface area (Å²) in [4.78, 5) is 33.0. The third-order valence-electron chi connectivity index (χ3n) is 11.8. The summed E-state index contributed by atoms with van der Waals surface area (Å²) < 4.78 is 72.5. The number of halogens is 3. The number of hydrogen-bond donors (Lipinski definition) is 3. The molecule has 5 aliphatic rings. The molecule has 4 atom stereocenters. The van der Waals surface area contributed by atoms with E-state index in [9.17, 15) is 23.1 Å². The molecule has 5 heterocycles. The lowest BCUT2D eigenvalue weighted by atomic mass is 9.80. The number of alkyl halides is 2. The molecule has 7 rings (SSSR count). The van der Waals surface area contributed by atoms with Gasteiger partial charge in [-0.2, -0.15) is 4.31 Å². The molecule has 4 fully saturated rings. The van der Waals surface area contributed by atoms with E-state index in [4.69, 9.17) is 26.8 Å². The molecular formula is C35H47ClF2N7O7S+. The fourth-order valence-corrected chi connectivity index (χ4v) is 10.3. The summed E-state index contributed by atoms with van der Waals surface area (Å²) in [6, 6.07) is 5.95. The lowest BCUT2D eigenvalue weighted by Crippen LogP contribution is -2.58. The fraction of sp³-hybridized carbons (Fsp3) is 0.629. The Labute approximate surface area is 312 Å². The van der Waals surface area contributed by atoms with Crippen molar-refractivity contribution in [2.24, 2.45) is 11.7 Å². The average molecular weight is 783 g/mol. The molecule has 1 unspecified atom stereocenters. The van der Waals surface area contributed by atoms with Crippen LogP contribution in [0.4, 0.5) is 25.1 Å². The number of fused-ring (bicyclic) bond motifs is 3. The van der Waals surface area contributed by atoms with Gasteiger partial charge in [0.05, 0.1) is 37.3 Å². The smallest absolute Gasteiger partial charge is 0.415 e. The van der Waals surface area contributed by atoms with Crippen molar-refractivity contribution in [2.45, 2.75) is 73.6 Å². The van der Waals surface area contributed by atoms with Crippen LogP contribution in [0, 0.1) is 5.92 Å². The van der Waals surface area contributed by atoms with E-state index in [1.54, 1.807) is 4.90 Å². The number of quaternary nitrogens is 1. The third-order valence-corrected chi connectivity index (χ3v) is 13.9. The number of likely N-dealkylation sites (N-methyl/N-ethyl adjacent to an activating group) is 1. The molecule has 1 aromatic heterocycles. The Morgan fingerprint density at radius 2 is 1.87 bits per heavy atom. The van der Waals surface area contributed by atoms with Crippen LogP contribution in [0.25, 0.3) is 0 Å². The van der Waals surface area contributed by atoms with Crippen LogP contribution in [-0.4, -0.2) is 130 Å². The highest BCUT2D eigenvalue weighted by atomic mass is 35.5. The zero-order valence-electron chi connectivity index (χ0n) is 29.6. The highest BCUT2D eigenvalue weighted by Gasteiger charge is 2.48. The third kappa shape index (κ3) is 7.15. The number of nitrogens with zero attached hydrogens (tertiary/aromatic N) is 5. The van der Waals surface area contributed by atoms with Gasteiger partial charge < -0.3 is 35.0 Å². The molecule has 0 bridgehead atoms. The van der Waals surface area contributed by atoms with E-state index in [0.717, 1.165) is 25.9 Å². The number of nitrogens with one attached hydrogen (secondary N) is 1. The minimum absolute atomic E-state index is 0.0187. The number of rotatable bonds is 10. The molecule has 53 heavy (non-hydrogen) atoms. The van der Waals surface area contributed by atoms with Crippen LogP contribution in [0.5, 0.6) is 5.75 Å². The number of piperazine rings is 1. The average Bonchev–Trinajstić information content (AvgIpc) is 3.70. The molecule has 4 aliphatic heterocycles. The molecule has 1 aromatic carbocycles. The summed E-state index contributed by atoms with van der Waals surface area (Å²) in [5.74, 6) is -3.69. The van der Waals surface area contributed by atoms with Crippen LogP contribution < -0.4 is 25.6 Å². The Hall–Kier alpha value is -3.35. The highest BCUT2D eigenvalue weighted by molar-refractivity contribution is 7.89. The number of aliphatic hydroxyl groups is 1. The number of carbonyl (C=O) groups excluding carboxylic acids is 2. The van der Waals surface area contributed by atoms with Gasteiger partial charge in [-0.3, -0.25) is 9.69 Å². The van der Waals surface area contributed by atoms with Crippen LogP contribution in [-0.2, 0) is 25.5 Å². The van der Waals surface area contributed by atoms with Gasteiger partial charge in [0.2, 0.25) is 10.0 Å². The van der Waals surface area contributed by atoms with Gasteiger partial charge in [-0.15, -0.1) is 0 Å². The molecule has 18 heteroatoms. The number of aromatic nitrogens is 1. The van der Waals surface area contributed by atoms with E-state index < -0.39 is 40.1 Å². The maximum absolute atomic E-state index is 16.1. The summed E-state index contributed by atoms with van der Waals surface area (Å²) in [6.45, 7) is 2.32. The van der Waals surface area contributed by atoms with Gasteiger partial charge in [-0.25, -0.2) is 27.0 Å². The first kappa shape index (κ1) is 37.9. The number of carbonyl (C=O) groups is 2. The Balaban J connectivity index is 0.967. The van der Waals surface area contributed by atoms with E-state index in [2.05, 4.69) is 17.3 Å². The van der Waals surface area contributed by atoms with Gasteiger partial charge in [0, 0.05) is 69.2 Å². The second kappa shape index (κ2) is 14.7. The highest BCUT2D eigenvalue weighted by Crippen LogP contribution is 2.45. The van der Waals surface area contributed by atoms with E-state index in [0.29, 0.717) is 29.6 Å². The summed E-state index contributed by atoms with van der Waals surface area (Å²) >= 11 is 6.31. The molecule has 0 radical (unpaired) electrons. The maximum atomic E-state index is 16.1. The SMILES string of the molecule is C[N+]1(CCN)CCC[C@H]1C(=O)NC1CCC(C(F)(F)c2cc(Cl)nc(N3CCN(S(=O)(=O)c4ccc5c(c4)OC[C@@H]4[C@H](CO)OC(=O)N54)CC3)c2)CC1. The van der Waals surface area contributed by atoms with Crippen LogP contribution in [0.2, 0.25) is 5.15 Å². The number of anilines is 2. The Kier molecular flexibility index (Phi) is 10.5. The van der Waals surface area contributed by atoms with Crippen molar-refractivity contribution in [1.82, 2.24) is 14.6 Å². The van der Waals surface area contributed by atoms with Crippen molar-refractivity contribution < 1.29 is 45.9 Å². The van der Waals surface area contributed by atoms with Crippen molar-refractivity contribution in [2.75, 3.05) is 75.9 Å². The summed E-state index contributed by atoms with van der Waals surface area (Å²) in [5, 5.41) is 12.6. The van der Waals surface area contributed by atoms with Crippen molar-refractivity contribution in [1.29, 1.82) is 0 Å². The number of ether oxygens (including phenoxy) is 2. The van der Waals surface area contributed by atoms with Crippen molar-refractivity contribution >= 4 is 45.1 Å². The number of cyclic esters (lactones) is 1. The predicted octanol–water partition coefficient (Wildman–Crippen LogP) is 2.66. The molecule has 290 valence electrons. The Bertz CT molecular complexity index is 1830. The zero-order chi connectivity index (χ0) is 37.7. The Morgan fingerprint density at radius 3 is 2.57 bits per heavy atom. The fourth-order valence-electron chi connectivity index (χ4n) is 8.70. The molecule has 1 aliphatic carbocycles. The lowest BCUT2D eigenvalue weighted by Gasteiger charge is -2.38. The van der Waals surface area contributed by atoms with Gasteiger partial charge in [-0.1, -0.05) is 11.6 Å². The van der Waals surface area contributed by atoms with Gasteiger partial charge in [0.15, 0.2) is 12.1 Å². The predicted molar refractivity (Wildman–Crippen MR) is 192 cm³/mol. The van der Waals surface area contributed by atoms with Crippen molar-refractivity contribution in [3.8, 4) is 5.75 Å². The Morgan fingerprint density at radius 1 is 1.13 bits per heavy atom. The topological polar surface area (TPSA) is 168 Å². The number of amides is 2. The number of benzene rings is 1. The van der Waals surface area contributed by atoms with E-state index in [-0.39, 0.29) is 97.4 Å².